The van der Waals surface area contributed by atoms with Gasteiger partial charge in [0.15, 0.2) is 32.4 Å². The monoisotopic (exact) mass is 550 g/mol. The van der Waals surface area contributed by atoms with E-state index in [0.29, 0.717) is 6.17 Å². The van der Waals surface area contributed by atoms with Crippen LogP contribution in [0.15, 0.2) is 24.5 Å². The Morgan fingerprint density at radius 2 is 1.27 bits per heavy atom. The van der Waals surface area contributed by atoms with Crippen molar-refractivity contribution in [2.24, 2.45) is 0 Å². The SMILES string of the molecule is CO[Si](C[n+]1cccc(C(C)(C)C)c1)(OC)OC.O=S(=O)([N-]S(=O)(=O)C(F)(F)F)C(F)(F)F. The predicted molar refractivity (Wildman–Crippen MR) is 105 cm³/mol. The van der Waals surface area contributed by atoms with E-state index < -0.39 is 39.9 Å². The highest BCUT2D eigenvalue weighted by Crippen LogP contribution is 2.36. The molecule has 194 valence electrons. The Balaban J connectivity index is 0.000000633. The number of rotatable bonds is 7. The van der Waals surface area contributed by atoms with Crippen molar-refractivity contribution >= 4 is 28.9 Å². The average Bonchev–Trinajstić information content (AvgIpc) is 2.64. The molecule has 1 heterocycles. The summed E-state index contributed by atoms with van der Waals surface area (Å²) in [7, 11) is -11.1. The van der Waals surface area contributed by atoms with Crippen molar-refractivity contribution in [3.63, 3.8) is 0 Å². The summed E-state index contributed by atoms with van der Waals surface area (Å²) in [5.41, 5.74) is -11.0. The summed E-state index contributed by atoms with van der Waals surface area (Å²) < 4.78 is 128. The second-order valence-electron chi connectivity index (χ2n) is 7.23. The molecule has 0 aliphatic rings. The fourth-order valence-corrected chi connectivity index (χ4v) is 5.19. The van der Waals surface area contributed by atoms with E-state index in [9.17, 15) is 43.2 Å². The van der Waals surface area contributed by atoms with Gasteiger partial charge in [-0.2, -0.15) is 30.9 Å². The molecule has 0 N–H and O–H groups in total. The zero-order chi connectivity index (χ0) is 26.5. The molecule has 33 heavy (non-hydrogen) atoms. The Kier molecular flexibility index (Phi) is 10.5. The lowest BCUT2D eigenvalue weighted by Crippen LogP contribution is -2.56. The molecular weight excluding hydrogens is 526 g/mol. The summed E-state index contributed by atoms with van der Waals surface area (Å²) in [6, 6.07) is 4.17. The third kappa shape index (κ3) is 9.10. The fraction of sp³-hybridized carbons (Fsp3) is 0.667. The molecule has 0 aromatic carbocycles. The number of nitrogens with zero attached hydrogens (tertiary/aromatic N) is 2. The van der Waals surface area contributed by atoms with Gasteiger partial charge in [-0.1, -0.05) is 20.8 Å². The molecule has 0 amide bonds. The number of halogens is 6. The first-order valence-corrected chi connectivity index (χ1v) is 13.4. The van der Waals surface area contributed by atoms with Gasteiger partial charge in [-0.25, -0.2) is 16.8 Å². The smallest absolute Gasteiger partial charge is 0.421 e. The zero-order valence-electron chi connectivity index (χ0n) is 18.4. The summed E-state index contributed by atoms with van der Waals surface area (Å²) in [5.74, 6) is 0. The van der Waals surface area contributed by atoms with Crippen LogP contribution in [0.2, 0.25) is 0 Å². The zero-order valence-corrected chi connectivity index (χ0v) is 21.0. The Bertz CT molecular complexity index is 939. The Morgan fingerprint density at radius 3 is 1.58 bits per heavy atom. The van der Waals surface area contributed by atoms with Crippen LogP contribution in [-0.2, 0) is 44.9 Å². The van der Waals surface area contributed by atoms with Crippen molar-refractivity contribution in [2.75, 3.05) is 21.3 Å². The molecule has 0 saturated carbocycles. The highest BCUT2D eigenvalue weighted by atomic mass is 32.3. The van der Waals surface area contributed by atoms with E-state index in [1.165, 1.54) is 5.56 Å². The van der Waals surface area contributed by atoms with Crippen LogP contribution in [0.25, 0.3) is 4.13 Å². The van der Waals surface area contributed by atoms with Gasteiger partial charge in [0.25, 0.3) is 0 Å². The minimum atomic E-state index is -6.72. The molecule has 0 radical (unpaired) electrons. The first kappa shape index (κ1) is 31.7. The van der Waals surface area contributed by atoms with E-state index in [2.05, 4.69) is 37.6 Å². The standard InChI is InChI=1S/C13H24NO3Si.C2F6NO4S2/c1-13(2,3)12-8-7-9-14(10-12)11-18(15-4,16-5)17-6;3-1(4,5)14(10,11)9-15(12,13)2(6,7)8/h7-10H,11H2,1-6H3;/q+1;-1. The molecule has 9 nitrogen and oxygen atoms in total. The van der Waals surface area contributed by atoms with E-state index in [0.717, 1.165) is 4.13 Å². The first-order chi connectivity index (χ1) is 14.6. The maximum absolute atomic E-state index is 11.4. The van der Waals surface area contributed by atoms with Gasteiger partial charge in [-0.15, -0.1) is 0 Å². The van der Waals surface area contributed by atoms with Gasteiger partial charge in [-0.3, -0.25) is 0 Å². The van der Waals surface area contributed by atoms with Crippen molar-refractivity contribution in [2.45, 2.75) is 43.4 Å². The highest BCUT2D eigenvalue weighted by molar-refractivity contribution is 8.13. The van der Waals surface area contributed by atoms with E-state index in [4.69, 9.17) is 13.3 Å². The topological polar surface area (TPSA) is 114 Å². The molecule has 0 aliphatic carbocycles. The normalized spacial score (nSPS) is 13.9. The minimum Gasteiger partial charge on any atom is -0.421 e. The molecule has 1 aromatic rings. The number of hydrogen-bond acceptors (Lipinski definition) is 7. The third-order valence-corrected chi connectivity index (χ3v) is 9.17. The lowest BCUT2D eigenvalue weighted by atomic mass is 9.88. The third-order valence-electron chi connectivity index (χ3n) is 3.81. The van der Waals surface area contributed by atoms with Gasteiger partial charge in [0.2, 0.25) is 6.17 Å². The van der Waals surface area contributed by atoms with Crippen LogP contribution in [0, 0.1) is 0 Å². The summed E-state index contributed by atoms with van der Waals surface area (Å²) in [6.07, 6.45) is 4.74. The quantitative estimate of drug-likeness (QED) is 0.291. The molecule has 1 aromatic heterocycles. The van der Waals surface area contributed by atoms with Gasteiger partial charge in [0.05, 0.1) is 0 Å². The molecule has 0 fully saturated rings. The van der Waals surface area contributed by atoms with E-state index >= 15 is 0 Å². The van der Waals surface area contributed by atoms with Gasteiger partial charge in [0, 0.05) is 33.0 Å². The fourth-order valence-electron chi connectivity index (χ4n) is 1.94. The van der Waals surface area contributed by atoms with Gasteiger partial charge >= 0.3 is 19.8 Å². The average molecular weight is 551 g/mol. The maximum atomic E-state index is 11.4. The Hall–Kier alpha value is -1.31. The summed E-state index contributed by atoms with van der Waals surface area (Å²) in [4.78, 5) is 0. The van der Waals surface area contributed by atoms with Crippen LogP contribution in [-0.4, -0.2) is 58.0 Å². The highest BCUT2D eigenvalue weighted by Gasteiger charge is 2.47. The number of aromatic nitrogens is 1. The van der Waals surface area contributed by atoms with E-state index in [1.54, 1.807) is 21.3 Å². The number of pyridine rings is 1. The van der Waals surface area contributed by atoms with Gasteiger partial charge in [0.1, 0.15) is 0 Å². The van der Waals surface area contributed by atoms with Gasteiger partial charge < -0.3 is 17.4 Å². The lowest BCUT2D eigenvalue weighted by molar-refractivity contribution is -0.685. The summed E-state index contributed by atoms with van der Waals surface area (Å²) in [6.45, 7) is 6.58. The van der Waals surface area contributed by atoms with Crippen molar-refractivity contribution in [3.05, 3.63) is 34.2 Å². The van der Waals surface area contributed by atoms with Crippen molar-refractivity contribution in [1.29, 1.82) is 0 Å². The van der Waals surface area contributed by atoms with Gasteiger partial charge in [-0.05, 0) is 11.5 Å². The molecule has 0 spiro atoms. The second-order valence-corrected chi connectivity index (χ2v) is 13.6. The minimum absolute atomic E-state index is 0.125. The first-order valence-electron chi connectivity index (χ1n) is 8.59. The number of hydrogen-bond donors (Lipinski definition) is 0. The predicted octanol–water partition coefficient (Wildman–Crippen LogP) is 2.75. The molecular formula is C15H24F6N2O7S2Si. The van der Waals surface area contributed by atoms with Crippen LogP contribution in [0.1, 0.15) is 26.3 Å². The Morgan fingerprint density at radius 1 is 0.879 bits per heavy atom. The summed E-state index contributed by atoms with van der Waals surface area (Å²) >= 11 is 0. The molecule has 0 atom stereocenters. The molecule has 0 unspecified atom stereocenters. The Labute approximate surface area is 189 Å². The molecule has 0 bridgehead atoms. The molecule has 1 rings (SSSR count). The van der Waals surface area contributed by atoms with Crippen LogP contribution in [0.4, 0.5) is 26.3 Å². The number of sulfonamides is 2. The van der Waals surface area contributed by atoms with Crippen LogP contribution < -0.4 is 4.57 Å². The second kappa shape index (κ2) is 11.0. The molecule has 0 aliphatic heterocycles. The van der Waals surface area contributed by atoms with E-state index in [1.807, 2.05) is 12.3 Å². The van der Waals surface area contributed by atoms with E-state index in [-0.39, 0.29) is 5.41 Å². The van der Waals surface area contributed by atoms with Crippen LogP contribution in [0.3, 0.4) is 0 Å². The maximum Gasteiger partial charge on any atom is 0.569 e. The van der Waals surface area contributed by atoms with Crippen molar-refractivity contribution < 1.29 is 61.0 Å². The lowest BCUT2D eigenvalue weighted by Gasteiger charge is -2.22. The molecule has 0 saturated heterocycles. The van der Waals surface area contributed by atoms with Crippen molar-refractivity contribution in [1.82, 2.24) is 0 Å². The van der Waals surface area contributed by atoms with Crippen LogP contribution in [0.5, 0.6) is 0 Å². The largest absolute Gasteiger partial charge is 0.569 e. The number of alkyl halides is 6. The van der Waals surface area contributed by atoms with Crippen molar-refractivity contribution in [3.8, 4) is 0 Å². The van der Waals surface area contributed by atoms with Crippen LogP contribution >= 0.6 is 0 Å². The summed E-state index contributed by atoms with van der Waals surface area (Å²) in [5, 5.41) is 0. The molecule has 18 heteroatoms.